The Morgan fingerprint density at radius 3 is 2.44 bits per heavy atom. The van der Waals surface area contributed by atoms with Gasteiger partial charge in [0.1, 0.15) is 0 Å². The Morgan fingerprint density at radius 1 is 1.12 bits per heavy atom. The first-order valence-corrected chi connectivity index (χ1v) is 9.95. The molecule has 0 radical (unpaired) electrons. The van der Waals surface area contributed by atoms with Crippen molar-refractivity contribution in [3.8, 4) is 0 Å². The highest BCUT2D eigenvalue weighted by molar-refractivity contribution is 5.78. The molecule has 4 atom stereocenters. The Labute approximate surface area is 154 Å². The van der Waals surface area contributed by atoms with E-state index in [1.807, 2.05) is 14.1 Å². The number of piperidine rings is 2. The predicted molar refractivity (Wildman–Crippen MR) is 102 cm³/mol. The van der Waals surface area contributed by atoms with Crippen LogP contribution >= 0.6 is 0 Å². The number of hydrogen-bond donors (Lipinski definition) is 2. The Kier molecular flexibility index (Phi) is 7.29. The maximum Gasteiger partial charge on any atom is 0.226 e. The third-order valence-corrected chi connectivity index (χ3v) is 6.22. The molecule has 5 nitrogen and oxygen atoms in total. The van der Waals surface area contributed by atoms with E-state index in [2.05, 4.69) is 38.3 Å². The number of amides is 1. The summed E-state index contributed by atoms with van der Waals surface area (Å²) in [4.78, 5) is 14.0. The molecule has 5 heteroatoms. The van der Waals surface area contributed by atoms with Crippen LogP contribution in [0.4, 0.5) is 0 Å². The molecule has 0 aromatic carbocycles. The standard InChI is InChI=1S/C20H39N3O2/c1-14(2)15-8-18(12-22-9-15)25-13-20(3,4)17-7-16(10-21-11-17)19(24)23(5)6/h14-18,21-22H,7-13H2,1-6H3/t15-,16+,17-,18+/m0/s1. The van der Waals surface area contributed by atoms with Crippen LogP contribution in [0.3, 0.4) is 0 Å². The fraction of sp³-hybridized carbons (Fsp3) is 0.950. The Bertz CT molecular complexity index is 437. The van der Waals surface area contributed by atoms with Crippen LogP contribution in [0.1, 0.15) is 40.5 Å². The first-order chi connectivity index (χ1) is 11.7. The van der Waals surface area contributed by atoms with E-state index in [1.165, 1.54) is 0 Å². The molecule has 1 amide bonds. The SMILES string of the molecule is CC(C)[C@@H]1CNC[C@H](OCC(C)(C)[C@@H]2CNC[C@H](C(=O)N(C)C)C2)C1. The van der Waals surface area contributed by atoms with Crippen molar-refractivity contribution in [1.82, 2.24) is 15.5 Å². The van der Waals surface area contributed by atoms with Gasteiger partial charge in [-0.1, -0.05) is 27.7 Å². The first kappa shape index (κ1) is 20.7. The zero-order valence-electron chi connectivity index (χ0n) is 17.1. The van der Waals surface area contributed by atoms with Crippen LogP contribution in [0.5, 0.6) is 0 Å². The minimum Gasteiger partial charge on any atom is -0.376 e. The normalized spacial score (nSPS) is 31.2. The summed E-state index contributed by atoms with van der Waals surface area (Å²) in [5, 5.41) is 7.00. The van der Waals surface area contributed by atoms with Gasteiger partial charge in [-0.15, -0.1) is 0 Å². The van der Waals surface area contributed by atoms with Gasteiger partial charge in [0.25, 0.3) is 0 Å². The van der Waals surface area contributed by atoms with Gasteiger partial charge in [-0.25, -0.2) is 0 Å². The zero-order chi connectivity index (χ0) is 18.6. The summed E-state index contributed by atoms with van der Waals surface area (Å²) < 4.78 is 6.34. The molecule has 0 unspecified atom stereocenters. The molecule has 2 aliphatic heterocycles. The third kappa shape index (κ3) is 5.66. The Balaban J connectivity index is 1.86. The van der Waals surface area contributed by atoms with Gasteiger partial charge < -0.3 is 20.3 Å². The van der Waals surface area contributed by atoms with E-state index in [-0.39, 0.29) is 17.2 Å². The van der Waals surface area contributed by atoms with Gasteiger partial charge in [-0.05, 0) is 49.1 Å². The first-order valence-electron chi connectivity index (χ1n) is 9.95. The van der Waals surface area contributed by atoms with Crippen molar-refractivity contribution in [2.24, 2.45) is 29.1 Å². The molecule has 2 N–H and O–H groups in total. The molecule has 0 bridgehead atoms. The molecule has 0 aromatic rings. The smallest absolute Gasteiger partial charge is 0.226 e. The molecule has 0 spiro atoms. The molecule has 0 aromatic heterocycles. The number of carbonyl (C=O) groups excluding carboxylic acids is 1. The van der Waals surface area contributed by atoms with Crippen LogP contribution in [0.2, 0.25) is 0 Å². The highest BCUT2D eigenvalue weighted by atomic mass is 16.5. The van der Waals surface area contributed by atoms with Gasteiger partial charge in [0.05, 0.1) is 18.6 Å². The molecule has 146 valence electrons. The molecule has 2 aliphatic rings. The van der Waals surface area contributed by atoms with E-state index in [1.54, 1.807) is 4.90 Å². The van der Waals surface area contributed by atoms with Gasteiger partial charge in [-0.2, -0.15) is 0 Å². The van der Waals surface area contributed by atoms with E-state index in [9.17, 15) is 4.79 Å². The number of nitrogens with one attached hydrogen (secondary N) is 2. The second-order valence-electron chi connectivity index (χ2n) is 9.34. The third-order valence-electron chi connectivity index (χ3n) is 6.22. The number of nitrogens with zero attached hydrogens (tertiary/aromatic N) is 1. The van der Waals surface area contributed by atoms with Gasteiger partial charge in [0, 0.05) is 27.2 Å². The monoisotopic (exact) mass is 353 g/mol. The number of rotatable bonds is 6. The van der Waals surface area contributed by atoms with Gasteiger partial charge in [-0.3, -0.25) is 4.79 Å². The topological polar surface area (TPSA) is 53.6 Å². The van der Waals surface area contributed by atoms with Crippen LogP contribution in [-0.2, 0) is 9.53 Å². The van der Waals surface area contributed by atoms with Crippen molar-refractivity contribution in [1.29, 1.82) is 0 Å². The van der Waals surface area contributed by atoms with Crippen molar-refractivity contribution < 1.29 is 9.53 Å². The quantitative estimate of drug-likeness (QED) is 0.767. The summed E-state index contributed by atoms with van der Waals surface area (Å²) in [6.07, 6.45) is 2.43. The lowest BCUT2D eigenvalue weighted by Gasteiger charge is -2.41. The van der Waals surface area contributed by atoms with E-state index < -0.39 is 0 Å². The summed E-state index contributed by atoms with van der Waals surface area (Å²) in [6, 6.07) is 0. The molecule has 25 heavy (non-hydrogen) atoms. The predicted octanol–water partition coefficient (Wildman–Crippen LogP) is 1.98. The summed E-state index contributed by atoms with van der Waals surface area (Å²) in [7, 11) is 3.70. The molecule has 2 saturated heterocycles. The maximum absolute atomic E-state index is 12.3. The van der Waals surface area contributed by atoms with Crippen molar-refractivity contribution >= 4 is 5.91 Å². The minimum atomic E-state index is 0.0725. The van der Waals surface area contributed by atoms with Gasteiger partial charge in [0.2, 0.25) is 5.91 Å². The Hall–Kier alpha value is -0.650. The average molecular weight is 354 g/mol. The molecule has 2 heterocycles. The van der Waals surface area contributed by atoms with Crippen molar-refractivity contribution in [2.75, 3.05) is 46.9 Å². The molecule has 0 saturated carbocycles. The van der Waals surface area contributed by atoms with E-state index in [4.69, 9.17) is 4.74 Å². The van der Waals surface area contributed by atoms with E-state index in [0.29, 0.717) is 23.9 Å². The fourth-order valence-corrected chi connectivity index (χ4v) is 4.11. The highest BCUT2D eigenvalue weighted by Crippen LogP contribution is 2.35. The molecule has 2 fully saturated rings. The molecular formula is C20H39N3O2. The Morgan fingerprint density at radius 2 is 1.80 bits per heavy atom. The number of carbonyl (C=O) groups is 1. The lowest BCUT2D eigenvalue weighted by molar-refractivity contribution is -0.135. The van der Waals surface area contributed by atoms with E-state index >= 15 is 0 Å². The molecule has 0 aliphatic carbocycles. The molecule has 2 rings (SSSR count). The lowest BCUT2D eigenvalue weighted by Crippen LogP contribution is -2.49. The second kappa shape index (κ2) is 8.83. The van der Waals surface area contributed by atoms with Crippen molar-refractivity contribution in [2.45, 2.75) is 46.6 Å². The fourth-order valence-electron chi connectivity index (χ4n) is 4.11. The van der Waals surface area contributed by atoms with Crippen LogP contribution in [0.15, 0.2) is 0 Å². The van der Waals surface area contributed by atoms with Crippen LogP contribution in [-0.4, -0.2) is 63.8 Å². The summed E-state index contributed by atoms with van der Waals surface area (Å²) >= 11 is 0. The summed E-state index contributed by atoms with van der Waals surface area (Å²) in [5.74, 6) is 2.21. The largest absolute Gasteiger partial charge is 0.376 e. The van der Waals surface area contributed by atoms with E-state index in [0.717, 1.165) is 45.6 Å². The second-order valence-corrected chi connectivity index (χ2v) is 9.34. The minimum absolute atomic E-state index is 0.0725. The molecular weight excluding hydrogens is 314 g/mol. The summed E-state index contributed by atoms with van der Waals surface area (Å²) in [5.41, 5.74) is 0.0725. The van der Waals surface area contributed by atoms with Crippen LogP contribution in [0.25, 0.3) is 0 Å². The van der Waals surface area contributed by atoms with Crippen molar-refractivity contribution in [3.63, 3.8) is 0 Å². The van der Waals surface area contributed by atoms with Crippen molar-refractivity contribution in [3.05, 3.63) is 0 Å². The average Bonchev–Trinajstić information content (AvgIpc) is 2.59. The van der Waals surface area contributed by atoms with Gasteiger partial charge >= 0.3 is 0 Å². The highest BCUT2D eigenvalue weighted by Gasteiger charge is 2.37. The lowest BCUT2D eigenvalue weighted by atomic mass is 9.72. The van der Waals surface area contributed by atoms with Gasteiger partial charge in [0.15, 0.2) is 0 Å². The van der Waals surface area contributed by atoms with Crippen LogP contribution < -0.4 is 10.6 Å². The summed E-state index contributed by atoms with van der Waals surface area (Å²) in [6.45, 7) is 13.8. The number of ether oxygens (including phenoxy) is 1. The maximum atomic E-state index is 12.3. The van der Waals surface area contributed by atoms with Crippen LogP contribution in [0, 0.1) is 29.1 Å². The zero-order valence-corrected chi connectivity index (χ0v) is 17.1. The number of hydrogen-bond acceptors (Lipinski definition) is 4.